The summed E-state index contributed by atoms with van der Waals surface area (Å²) in [5.41, 5.74) is 0. The number of esters is 1. The number of nitrogens with zero attached hydrogens (tertiary/aromatic N) is 1. The fourth-order valence-electron chi connectivity index (χ4n) is 2.94. The summed E-state index contributed by atoms with van der Waals surface area (Å²) in [5, 5.41) is 1.84. The fraction of sp³-hybridized carbons (Fsp3) is 0.421. The molecule has 1 fully saturated rings. The summed E-state index contributed by atoms with van der Waals surface area (Å²) < 4.78 is 17.8. The van der Waals surface area contributed by atoms with Gasteiger partial charge in [-0.25, -0.2) is 0 Å². The summed E-state index contributed by atoms with van der Waals surface area (Å²) in [6, 6.07) is 12.4. The highest BCUT2D eigenvalue weighted by Gasteiger charge is 2.37. The number of carbonyl (C=O) groups is 1. The van der Waals surface area contributed by atoms with Gasteiger partial charge in [0.15, 0.2) is 11.8 Å². The molecule has 0 aromatic heterocycles. The van der Waals surface area contributed by atoms with Crippen molar-refractivity contribution >= 4 is 35.3 Å². The Hall–Kier alpha value is -1.55. The summed E-state index contributed by atoms with van der Waals surface area (Å²) in [6.07, 6.45) is 2.75. The van der Waals surface area contributed by atoms with E-state index < -0.39 is 19.3 Å². The molecule has 2 aromatic rings. The Morgan fingerprint density at radius 2 is 1.88 bits per heavy atom. The molecule has 0 spiro atoms. The van der Waals surface area contributed by atoms with E-state index in [1.54, 1.807) is 6.07 Å². The third-order valence-electron chi connectivity index (χ3n) is 4.58. The second-order valence-corrected chi connectivity index (χ2v) is 8.74. The SMILES string of the molecule is CC(C)[C@@H](C(=O)OC1CCC1)N(Oc1cccc2ccccc12)[PH](=O)Cl. The minimum Gasteiger partial charge on any atom is -0.461 e. The summed E-state index contributed by atoms with van der Waals surface area (Å²) >= 11 is 5.95. The molecule has 0 bridgehead atoms. The van der Waals surface area contributed by atoms with Crippen LogP contribution in [0.4, 0.5) is 0 Å². The average molecular weight is 396 g/mol. The zero-order valence-electron chi connectivity index (χ0n) is 14.9. The number of halogens is 1. The lowest BCUT2D eigenvalue weighted by molar-refractivity contribution is -0.167. The van der Waals surface area contributed by atoms with Crippen LogP contribution >= 0.6 is 18.5 Å². The number of hydroxylamine groups is 1. The van der Waals surface area contributed by atoms with Crippen molar-refractivity contribution in [2.75, 3.05) is 0 Å². The number of fused-ring (bicyclic) bond motifs is 1. The minimum atomic E-state index is -2.82. The maximum Gasteiger partial charge on any atom is 0.327 e. The Labute approximate surface area is 158 Å². The smallest absolute Gasteiger partial charge is 0.327 e. The topological polar surface area (TPSA) is 55.8 Å². The zero-order valence-corrected chi connectivity index (χ0v) is 16.6. The van der Waals surface area contributed by atoms with E-state index in [4.69, 9.17) is 20.8 Å². The Kier molecular flexibility index (Phi) is 6.23. The molecule has 5 nitrogen and oxygen atoms in total. The third kappa shape index (κ3) is 4.22. The van der Waals surface area contributed by atoms with Gasteiger partial charge in [-0.3, -0.25) is 9.36 Å². The first-order valence-corrected chi connectivity index (χ1v) is 11.2. The Morgan fingerprint density at radius 3 is 2.50 bits per heavy atom. The van der Waals surface area contributed by atoms with Crippen molar-refractivity contribution in [1.29, 1.82) is 0 Å². The molecule has 2 aromatic carbocycles. The molecule has 1 aliphatic rings. The number of carbonyl (C=O) groups excluding carboxylic acids is 1. The molecule has 1 aliphatic carbocycles. The monoisotopic (exact) mass is 395 g/mol. The van der Waals surface area contributed by atoms with Crippen LogP contribution in [0, 0.1) is 5.92 Å². The number of benzene rings is 2. The molecule has 0 amide bonds. The van der Waals surface area contributed by atoms with E-state index in [1.165, 1.54) is 0 Å². The Bertz CT molecular complexity index is 804. The van der Waals surface area contributed by atoms with Gasteiger partial charge in [0.1, 0.15) is 6.10 Å². The summed E-state index contributed by atoms with van der Waals surface area (Å²) in [5.74, 6) is -0.113. The molecule has 2 atom stereocenters. The van der Waals surface area contributed by atoms with Gasteiger partial charge in [-0.05, 0) is 47.9 Å². The van der Waals surface area contributed by atoms with Crippen molar-refractivity contribution in [3.8, 4) is 5.75 Å². The normalized spacial score (nSPS) is 17.1. The maximum atomic E-state index is 12.7. The Morgan fingerprint density at radius 1 is 1.19 bits per heavy atom. The molecule has 0 aliphatic heterocycles. The first kappa shape index (κ1) is 19.2. The van der Waals surface area contributed by atoms with E-state index in [0.717, 1.165) is 34.9 Å². The molecule has 0 saturated heterocycles. The van der Waals surface area contributed by atoms with Crippen molar-refractivity contribution in [1.82, 2.24) is 4.83 Å². The lowest BCUT2D eigenvalue weighted by atomic mass is 9.96. The summed E-state index contributed by atoms with van der Waals surface area (Å²) in [4.78, 5) is 19.7. The standard InChI is InChI=1S/C19H23ClNO4P/c1-13(2)18(19(22)24-15-9-6-10-15)21(26(20)23)25-17-12-5-8-14-7-3-4-11-16(14)17/h3-5,7-8,11-13,15,18,26H,6,9-10H2,1-2H3/t18-/m0/s1. The van der Waals surface area contributed by atoms with E-state index in [9.17, 15) is 9.36 Å². The molecule has 26 heavy (non-hydrogen) atoms. The highest BCUT2D eigenvalue weighted by molar-refractivity contribution is 7.71. The van der Waals surface area contributed by atoms with E-state index in [2.05, 4.69) is 0 Å². The van der Waals surface area contributed by atoms with Crippen LogP contribution in [0.5, 0.6) is 5.75 Å². The first-order chi connectivity index (χ1) is 12.5. The fourth-order valence-corrected chi connectivity index (χ4v) is 4.16. The van der Waals surface area contributed by atoms with Crippen LogP contribution in [-0.2, 0) is 14.1 Å². The van der Waals surface area contributed by atoms with Crippen molar-refractivity contribution in [2.45, 2.75) is 45.3 Å². The van der Waals surface area contributed by atoms with Crippen LogP contribution in [0.15, 0.2) is 42.5 Å². The average Bonchev–Trinajstić information content (AvgIpc) is 2.57. The molecule has 140 valence electrons. The van der Waals surface area contributed by atoms with Gasteiger partial charge in [0.2, 0.25) is 0 Å². The molecule has 0 heterocycles. The van der Waals surface area contributed by atoms with Crippen molar-refractivity contribution < 1.29 is 18.9 Å². The second kappa shape index (κ2) is 8.43. The lowest BCUT2D eigenvalue weighted by Gasteiger charge is -2.33. The molecular formula is C19H23ClNO4P. The van der Waals surface area contributed by atoms with Gasteiger partial charge in [0.25, 0.3) is 7.30 Å². The van der Waals surface area contributed by atoms with Crippen LogP contribution in [0.1, 0.15) is 33.1 Å². The van der Waals surface area contributed by atoms with Gasteiger partial charge in [-0.15, -0.1) is 0 Å². The predicted molar refractivity (Wildman–Crippen MR) is 104 cm³/mol. The number of hydrogen-bond acceptors (Lipinski definition) is 4. The highest BCUT2D eigenvalue weighted by Crippen LogP contribution is 2.40. The van der Waals surface area contributed by atoms with Crippen molar-refractivity contribution in [3.63, 3.8) is 0 Å². The molecule has 0 radical (unpaired) electrons. The second-order valence-electron chi connectivity index (χ2n) is 6.83. The van der Waals surface area contributed by atoms with Gasteiger partial charge in [-0.2, -0.15) is 0 Å². The van der Waals surface area contributed by atoms with Gasteiger partial charge >= 0.3 is 5.97 Å². The largest absolute Gasteiger partial charge is 0.461 e. The van der Waals surface area contributed by atoms with Crippen LogP contribution in [-0.4, -0.2) is 22.9 Å². The lowest BCUT2D eigenvalue weighted by Crippen LogP contribution is -2.45. The van der Waals surface area contributed by atoms with Crippen LogP contribution in [0.25, 0.3) is 10.8 Å². The maximum absolute atomic E-state index is 12.7. The molecule has 1 unspecified atom stereocenters. The third-order valence-corrected chi connectivity index (χ3v) is 5.80. The Balaban J connectivity index is 1.88. The van der Waals surface area contributed by atoms with Crippen molar-refractivity contribution in [3.05, 3.63) is 42.5 Å². The zero-order chi connectivity index (χ0) is 18.7. The minimum absolute atomic E-state index is 0.0548. The van der Waals surface area contributed by atoms with E-state index >= 15 is 0 Å². The van der Waals surface area contributed by atoms with E-state index in [0.29, 0.717) is 5.75 Å². The molecule has 0 N–H and O–H groups in total. The van der Waals surface area contributed by atoms with Gasteiger partial charge < -0.3 is 9.57 Å². The number of hydrogen-bond donors (Lipinski definition) is 0. The molecule has 7 heteroatoms. The van der Waals surface area contributed by atoms with Gasteiger partial charge in [0, 0.05) is 5.39 Å². The number of ether oxygens (including phenoxy) is 1. The summed E-state index contributed by atoms with van der Waals surface area (Å²) in [7, 11) is -2.82. The van der Waals surface area contributed by atoms with Crippen LogP contribution in [0.2, 0.25) is 0 Å². The highest BCUT2D eigenvalue weighted by atomic mass is 35.7. The summed E-state index contributed by atoms with van der Waals surface area (Å²) in [6.45, 7) is 3.71. The van der Waals surface area contributed by atoms with E-state index in [-0.39, 0.29) is 12.0 Å². The van der Waals surface area contributed by atoms with E-state index in [1.807, 2.05) is 50.2 Å². The van der Waals surface area contributed by atoms with Gasteiger partial charge in [0.05, 0.1) is 0 Å². The first-order valence-electron chi connectivity index (χ1n) is 8.82. The molecular weight excluding hydrogens is 373 g/mol. The van der Waals surface area contributed by atoms with Crippen LogP contribution in [0.3, 0.4) is 0 Å². The quantitative estimate of drug-likeness (QED) is 0.367. The van der Waals surface area contributed by atoms with Crippen LogP contribution < -0.4 is 4.84 Å². The predicted octanol–water partition coefficient (Wildman–Crippen LogP) is 5.18. The number of rotatable bonds is 7. The molecule has 3 rings (SSSR count). The molecule has 1 saturated carbocycles. The van der Waals surface area contributed by atoms with Crippen molar-refractivity contribution in [2.24, 2.45) is 5.92 Å². The van der Waals surface area contributed by atoms with Gasteiger partial charge in [-0.1, -0.05) is 55.1 Å².